The molecule has 9 heteroatoms. The lowest BCUT2D eigenvalue weighted by Gasteiger charge is -2.15. The van der Waals surface area contributed by atoms with E-state index in [1.54, 1.807) is 12.1 Å². The molecule has 0 saturated carbocycles. The first-order valence-electron chi connectivity index (χ1n) is 9.02. The Kier molecular flexibility index (Phi) is 4.71. The number of aromatic carboxylic acids is 1. The Morgan fingerprint density at radius 3 is 2.53 bits per heavy atom. The first-order valence-corrected chi connectivity index (χ1v) is 9.02. The van der Waals surface area contributed by atoms with Gasteiger partial charge in [-0.1, -0.05) is 18.2 Å². The van der Waals surface area contributed by atoms with E-state index in [2.05, 4.69) is 15.1 Å². The topological polar surface area (TPSA) is 119 Å². The van der Waals surface area contributed by atoms with Gasteiger partial charge in [0.15, 0.2) is 11.5 Å². The van der Waals surface area contributed by atoms with Crippen LogP contribution in [0.1, 0.15) is 21.5 Å². The van der Waals surface area contributed by atoms with Crippen LogP contribution in [0.25, 0.3) is 16.9 Å². The van der Waals surface area contributed by atoms with Crippen LogP contribution in [0, 0.1) is 13.8 Å². The first kappa shape index (κ1) is 19.2. The molecule has 0 saturated heterocycles. The number of nitrogens with zero attached hydrogens (tertiary/aromatic N) is 3. The molecular weight excluding hydrogens is 388 g/mol. The van der Waals surface area contributed by atoms with Gasteiger partial charge in [-0.15, -0.1) is 0 Å². The highest BCUT2D eigenvalue weighted by molar-refractivity contribution is 5.87. The number of carbonyl (C=O) groups is 1. The third-order valence-corrected chi connectivity index (χ3v) is 4.65. The van der Waals surface area contributed by atoms with Crippen molar-refractivity contribution in [3.8, 4) is 23.2 Å². The number of ether oxygens (including phenoxy) is 2. The summed E-state index contributed by atoms with van der Waals surface area (Å²) < 4.78 is 12.7. The molecule has 0 aliphatic carbocycles. The molecule has 2 heterocycles. The maximum Gasteiger partial charge on any atom is 0.338 e. The zero-order valence-electron chi connectivity index (χ0n) is 16.5. The molecule has 2 aromatic carbocycles. The van der Waals surface area contributed by atoms with Gasteiger partial charge in [0.05, 0.1) is 29.8 Å². The van der Waals surface area contributed by atoms with Crippen molar-refractivity contribution in [2.75, 3.05) is 7.11 Å². The van der Waals surface area contributed by atoms with E-state index < -0.39 is 11.5 Å². The fraction of sp³-hybridized carbons (Fsp3) is 0.143. The summed E-state index contributed by atoms with van der Waals surface area (Å²) >= 11 is 0. The lowest BCUT2D eigenvalue weighted by Crippen LogP contribution is -2.14. The molecule has 0 bridgehead atoms. The predicted molar refractivity (Wildman–Crippen MR) is 109 cm³/mol. The minimum absolute atomic E-state index is 0.0207. The van der Waals surface area contributed by atoms with Crippen LogP contribution in [0.4, 0.5) is 0 Å². The van der Waals surface area contributed by atoms with Crippen LogP contribution in [0.3, 0.4) is 0 Å². The summed E-state index contributed by atoms with van der Waals surface area (Å²) in [6, 6.07) is 8.98. The summed E-state index contributed by atoms with van der Waals surface area (Å²) in [6.45, 7) is 3.87. The van der Waals surface area contributed by atoms with Crippen LogP contribution < -0.4 is 15.0 Å². The maximum absolute atomic E-state index is 12.7. The second-order valence-corrected chi connectivity index (χ2v) is 6.71. The van der Waals surface area contributed by atoms with E-state index in [1.807, 2.05) is 32.0 Å². The largest absolute Gasteiger partial charge is 0.493 e. The summed E-state index contributed by atoms with van der Waals surface area (Å²) in [6.07, 6.45) is 2.44. The lowest BCUT2D eigenvalue weighted by molar-refractivity contribution is 0.0697. The normalized spacial score (nSPS) is 10.9. The van der Waals surface area contributed by atoms with Crippen LogP contribution in [-0.2, 0) is 0 Å². The van der Waals surface area contributed by atoms with E-state index in [9.17, 15) is 9.59 Å². The number of carboxylic acids is 1. The molecule has 0 radical (unpaired) electrons. The summed E-state index contributed by atoms with van der Waals surface area (Å²) in [5.41, 5.74) is 1.82. The van der Waals surface area contributed by atoms with Crippen LogP contribution in [0.5, 0.6) is 17.2 Å². The van der Waals surface area contributed by atoms with Crippen LogP contribution in [-0.4, -0.2) is 37.9 Å². The Morgan fingerprint density at radius 2 is 1.90 bits per heavy atom. The number of hydrogen-bond donors (Lipinski definition) is 2. The van der Waals surface area contributed by atoms with Gasteiger partial charge >= 0.3 is 5.97 Å². The molecule has 2 N–H and O–H groups in total. The van der Waals surface area contributed by atoms with Gasteiger partial charge in [-0.25, -0.2) is 14.5 Å². The van der Waals surface area contributed by atoms with Gasteiger partial charge in [0.25, 0.3) is 5.56 Å². The molecule has 0 fully saturated rings. The molecule has 0 aliphatic rings. The van der Waals surface area contributed by atoms with E-state index in [4.69, 9.17) is 14.6 Å². The first-order chi connectivity index (χ1) is 14.4. The molecule has 0 spiro atoms. The number of fused-ring (bicyclic) bond motifs is 1. The third kappa shape index (κ3) is 3.37. The van der Waals surface area contributed by atoms with E-state index >= 15 is 0 Å². The van der Waals surface area contributed by atoms with Crippen molar-refractivity contribution in [3.05, 3.63) is 69.8 Å². The number of benzene rings is 2. The minimum Gasteiger partial charge on any atom is -0.493 e. The van der Waals surface area contributed by atoms with Crippen molar-refractivity contribution in [2.45, 2.75) is 13.8 Å². The molecule has 2 aromatic heterocycles. The average Bonchev–Trinajstić information content (AvgIpc) is 3.21. The van der Waals surface area contributed by atoms with Crippen LogP contribution in [0.15, 0.2) is 47.5 Å². The highest BCUT2D eigenvalue weighted by atomic mass is 16.5. The molecule has 0 atom stereocenters. The number of aryl methyl sites for hydroxylation is 2. The zero-order valence-corrected chi connectivity index (χ0v) is 16.5. The minimum atomic E-state index is -1.13. The third-order valence-electron chi connectivity index (χ3n) is 4.65. The van der Waals surface area contributed by atoms with Crippen molar-refractivity contribution < 1.29 is 19.4 Å². The Bertz CT molecular complexity index is 1320. The Morgan fingerprint density at radius 1 is 1.17 bits per heavy atom. The Labute approximate surface area is 170 Å². The number of nitrogens with one attached hydrogen (secondary N) is 1. The van der Waals surface area contributed by atoms with Crippen LogP contribution >= 0.6 is 0 Å². The SMILES string of the molecule is COc1cc2nc(-n3cc(C(=O)O)cn3)[nH]c(=O)c2cc1Oc1c(C)cccc1C. The average molecular weight is 406 g/mol. The fourth-order valence-electron chi connectivity index (χ4n) is 3.10. The summed E-state index contributed by atoms with van der Waals surface area (Å²) in [7, 11) is 1.50. The lowest BCUT2D eigenvalue weighted by atomic mass is 10.1. The number of para-hydroxylation sites is 1. The number of aromatic nitrogens is 4. The van der Waals surface area contributed by atoms with Gasteiger partial charge in [-0.05, 0) is 31.0 Å². The number of aromatic amines is 1. The Balaban J connectivity index is 1.82. The summed E-state index contributed by atoms with van der Waals surface area (Å²) in [5, 5.41) is 13.3. The van der Waals surface area contributed by atoms with Crippen molar-refractivity contribution in [3.63, 3.8) is 0 Å². The number of hydrogen-bond acceptors (Lipinski definition) is 6. The fourth-order valence-corrected chi connectivity index (χ4v) is 3.10. The summed E-state index contributed by atoms with van der Waals surface area (Å²) in [5.74, 6) is 0.439. The van der Waals surface area contributed by atoms with Gasteiger partial charge in [0.2, 0.25) is 5.95 Å². The summed E-state index contributed by atoms with van der Waals surface area (Å²) in [4.78, 5) is 30.8. The number of carboxylic acid groups (broad SMARTS) is 1. The molecule has 0 amide bonds. The maximum atomic E-state index is 12.7. The van der Waals surface area contributed by atoms with E-state index in [0.717, 1.165) is 11.1 Å². The molecule has 152 valence electrons. The standard InChI is InChI=1S/C21H18N4O5/c1-11-5-4-6-12(2)18(11)30-17-7-14-15(8-16(17)29-3)23-21(24-19(14)26)25-10-13(9-22-25)20(27)28/h4-10H,1-3H3,(H,27,28)(H,23,24,26). The van der Waals surface area contributed by atoms with Gasteiger partial charge in [-0.3, -0.25) is 9.78 Å². The van der Waals surface area contributed by atoms with Gasteiger partial charge in [0, 0.05) is 12.3 Å². The number of H-pyrrole nitrogens is 1. The van der Waals surface area contributed by atoms with Gasteiger partial charge < -0.3 is 14.6 Å². The quantitative estimate of drug-likeness (QED) is 0.522. The molecule has 9 nitrogen and oxygen atoms in total. The second-order valence-electron chi connectivity index (χ2n) is 6.71. The predicted octanol–water partition coefficient (Wildman–Crippen LogP) is 3.22. The highest BCUT2D eigenvalue weighted by Gasteiger charge is 2.16. The Hall–Kier alpha value is -4.14. The zero-order chi connectivity index (χ0) is 21.4. The highest BCUT2D eigenvalue weighted by Crippen LogP contribution is 2.36. The number of methoxy groups -OCH3 is 1. The van der Waals surface area contributed by atoms with Crippen molar-refractivity contribution in [2.24, 2.45) is 0 Å². The monoisotopic (exact) mass is 406 g/mol. The van der Waals surface area contributed by atoms with Crippen molar-refractivity contribution >= 4 is 16.9 Å². The molecule has 4 aromatic rings. The molecular formula is C21H18N4O5. The van der Waals surface area contributed by atoms with E-state index in [1.165, 1.54) is 24.2 Å². The van der Waals surface area contributed by atoms with E-state index in [0.29, 0.717) is 28.2 Å². The van der Waals surface area contributed by atoms with Gasteiger partial charge in [-0.2, -0.15) is 5.10 Å². The van der Waals surface area contributed by atoms with Crippen LogP contribution in [0.2, 0.25) is 0 Å². The number of rotatable bonds is 5. The molecule has 4 rings (SSSR count). The molecule has 0 aliphatic heterocycles. The van der Waals surface area contributed by atoms with Crippen molar-refractivity contribution in [1.82, 2.24) is 19.7 Å². The van der Waals surface area contributed by atoms with Crippen molar-refractivity contribution in [1.29, 1.82) is 0 Å². The molecule has 30 heavy (non-hydrogen) atoms. The van der Waals surface area contributed by atoms with E-state index in [-0.39, 0.29) is 11.5 Å². The second kappa shape index (κ2) is 7.36. The van der Waals surface area contributed by atoms with Gasteiger partial charge in [0.1, 0.15) is 5.75 Å². The molecule has 0 unspecified atom stereocenters. The smallest absolute Gasteiger partial charge is 0.338 e.